The van der Waals surface area contributed by atoms with Gasteiger partial charge in [0, 0.05) is 11.6 Å². The van der Waals surface area contributed by atoms with Gasteiger partial charge >= 0.3 is 11.7 Å². The fraction of sp³-hybridized carbons (Fsp3) is 0.500. The van der Waals surface area contributed by atoms with E-state index in [2.05, 4.69) is 20.0 Å². The third kappa shape index (κ3) is 7.14. The van der Waals surface area contributed by atoms with Gasteiger partial charge in [0.2, 0.25) is 0 Å². The van der Waals surface area contributed by atoms with E-state index in [-0.39, 0.29) is 0 Å². The standard InChI is InChI=1S/C6H9ClNS.BF4/c1-3-8-4-5(2)9-6(8)7;2-1(3,4)5/h4H,3H2,1-2H3;/q+1;-1. The zero-order valence-electron chi connectivity index (χ0n) is 7.61. The van der Waals surface area contributed by atoms with Crippen LogP contribution in [0.5, 0.6) is 0 Å². The predicted octanol–water partition coefficient (Wildman–Crippen LogP) is 3.32. The third-order valence-electron chi connectivity index (χ3n) is 1.15. The number of aryl methyl sites for hydroxylation is 2. The van der Waals surface area contributed by atoms with Gasteiger partial charge in [0.25, 0.3) is 0 Å². The van der Waals surface area contributed by atoms with E-state index in [9.17, 15) is 17.3 Å². The zero-order chi connectivity index (χ0) is 11.4. The molecule has 0 aromatic carbocycles. The van der Waals surface area contributed by atoms with Crippen LogP contribution in [0.2, 0.25) is 4.47 Å². The van der Waals surface area contributed by atoms with E-state index in [1.807, 2.05) is 4.57 Å². The lowest BCUT2D eigenvalue weighted by Crippen LogP contribution is -2.29. The molecule has 0 aliphatic heterocycles. The Morgan fingerprint density at radius 1 is 1.43 bits per heavy atom. The summed E-state index contributed by atoms with van der Waals surface area (Å²) < 4.78 is 41.9. The number of hydrogen-bond acceptors (Lipinski definition) is 1. The van der Waals surface area contributed by atoms with Gasteiger partial charge in [0.15, 0.2) is 6.20 Å². The molecule has 1 nitrogen and oxygen atoms in total. The quantitative estimate of drug-likeness (QED) is 0.408. The summed E-state index contributed by atoms with van der Waals surface area (Å²) in [5, 5.41) is 0. The highest BCUT2D eigenvalue weighted by molar-refractivity contribution is 7.15. The van der Waals surface area contributed by atoms with Gasteiger partial charge < -0.3 is 17.3 Å². The molecule has 0 spiro atoms. The van der Waals surface area contributed by atoms with E-state index in [1.54, 1.807) is 11.3 Å². The van der Waals surface area contributed by atoms with Crippen molar-refractivity contribution in [2.45, 2.75) is 20.4 Å². The van der Waals surface area contributed by atoms with Crippen molar-refractivity contribution in [2.24, 2.45) is 0 Å². The van der Waals surface area contributed by atoms with E-state index >= 15 is 0 Å². The van der Waals surface area contributed by atoms with Crippen LogP contribution in [-0.4, -0.2) is 7.25 Å². The van der Waals surface area contributed by atoms with Crippen molar-refractivity contribution in [3.8, 4) is 0 Å². The first-order valence-electron chi connectivity index (χ1n) is 3.76. The molecular formula is C6H9BClF4NS. The number of thiazole rings is 1. The van der Waals surface area contributed by atoms with Crippen LogP contribution in [0, 0.1) is 6.92 Å². The fourth-order valence-corrected chi connectivity index (χ4v) is 1.98. The molecule has 0 atom stereocenters. The first-order chi connectivity index (χ1) is 6.24. The summed E-state index contributed by atoms with van der Waals surface area (Å²) >= 11 is 7.45. The van der Waals surface area contributed by atoms with Gasteiger partial charge in [-0.3, -0.25) is 0 Å². The van der Waals surface area contributed by atoms with Gasteiger partial charge in [-0.05, 0) is 13.8 Å². The summed E-state index contributed by atoms with van der Waals surface area (Å²) in [7, 11) is -6.00. The summed E-state index contributed by atoms with van der Waals surface area (Å²) in [5.41, 5.74) is 0. The third-order valence-corrected chi connectivity index (χ3v) is 2.43. The molecule has 0 N–H and O–H groups in total. The van der Waals surface area contributed by atoms with Crippen LogP contribution in [0.3, 0.4) is 0 Å². The lowest BCUT2D eigenvalue weighted by atomic mass is 10.3. The van der Waals surface area contributed by atoms with Crippen LogP contribution in [0.25, 0.3) is 0 Å². The zero-order valence-corrected chi connectivity index (χ0v) is 9.18. The lowest BCUT2D eigenvalue weighted by molar-refractivity contribution is -0.686. The van der Waals surface area contributed by atoms with Crippen molar-refractivity contribution in [3.05, 3.63) is 15.5 Å². The van der Waals surface area contributed by atoms with Gasteiger partial charge in [0.1, 0.15) is 6.54 Å². The summed E-state index contributed by atoms with van der Waals surface area (Å²) in [6, 6.07) is 0. The highest BCUT2D eigenvalue weighted by atomic mass is 35.5. The van der Waals surface area contributed by atoms with Crippen LogP contribution in [0.15, 0.2) is 6.20 Å². The first-order valence-corrected chi connectivity index (χ1v) is 4.96. The van der Waals surface area contributed by atoms with Gasteiger partial charge in [-0.15, -0.1) is 0 Å². The minimum atomic E-state index is -6.00. The molecule has 1 heterocycles. The smallest absolute Gasteiger partial charge is 0.418 e. The highest BCUT2D eigenvalue weighted by Crippen LogP contribution is 2.14. The van der Waals surface area contributed by atoms with Crippen LogP contribution < -0.4 is 4.57 Å². The number of rotatable bonds is 1. The van der Waals surface area contributed by atoms with Gasteiger partial charge in [-0.2, -0.15) is 4.57 Å². The summed E-state index contributed by atoms with van der Waals surface area (Å²) in [5.74, 6) is 0. The van der Waals surface area contributed by atoms with Crippen molar-refractivity contribution in [1.82, 2.24) is 0 Å². The Kier molecular flexibility index (Phi) is 5.44. The second-order valence-electron chi connectivity index (χ2n) is 2.38. The largest absolute Gasteiger partial charge is 0.673 e. The monoisotopic (exact) mass is 249 g/mol. The normalized spacial score (nSPS) is 10.8. The minimum absolute atomic E-state index is 0.870. The average Bonchev–Trinajstić information content (AvgIpc) is 2.25. The van der Waals surface area contributed by atoms with E-state index in [4.69, 9.17) is 11.6 Å². The predicted molar refractivity (Wildman–Crippen MR) is 50.1 cm³/mol. The molecule has 0 radical (unpaired) electrons. The molecule has 0 saturated heterocycles. The first kappa shape index (κ1) is 13.7. The second-order valence-corrected chi connectivity index (χ2v) is 4.19. The Hall–Kier alpha value is -0.295. The van der Waals surface area contributed by atoms with Crippen molar-refractivity contribution < 1.29 is 21.8 Å². The molecule has 0 aliphatic rings. The molecule has 14 heavy (non-hydrogen) atoms. The summed E-state index contributed by atoms with van der Waals surface area (Å²) in [6.07, 6.45) is 2.06. The molecule has 0 amide bonds. The molecule has 8 heteroatoms. The molecule has 0 aliphatic carbocycles. The minimum Gasteiger partial charge on any atom is -0.418 e. The molecule has 0 fully saturated rings. The average molecular weight is 249 g/mol. The van der Waals surface area contributed by atoms with Gasteiger partial charge in [-0.25, -0.2) is 0 Å². The molecule has 1 aromatic heterocycles. The Morgan fingerprint density at radius 3 is 2.00 bits per heavy atom. The van der Waals surface area contributed by atoms with Crippen LogP contribution in [-0.2, 0) is 6.54 Å². The number of halogens is 5. The number of hydrogen-bond donors (Lipinski definition) is 0. The second kappa shape index (κ2) is 5.55. The molecular weight excluding hydrogens is 240 g/mol. The van der Waals surface area contributed by atoms with Gasteiger partial charge in [-0.1, -0.05) is 11.3 Å². The van der Waals surface area contributed by atoms with E-state index in [1.165, 1.54) is 4.88 Å². The van der Waals surface area contributed by atoms with Crippen molar-refractivity contribution in [3.63, 3.8) is 0 Å². The Labute approximate surface area is 88.4 Å². The Balaban J connectivity index is 0.000000292. The maximum absolute atomic E-state index is 9.75. The van der Waals surface area contributed by atoms with Crippen LogP contribution >= 0.6 is 22.9 Å². The number of nitrogens with zero attached hydrogens (tertiary/aromatic N) is 1. The molecule has 0 bridgehead atoms. The van der Waals surface area contributed by atoms with E-state index < -0.39 is 7.25 Å². The molecule has 1 aromatic rings. The van der Waals surface area contributed by atoms with Crippen LogP contribution in [0.4, 0.5) is 17.3 Å². The van der Waals surface area contributed by atoms with Crippen molar-refractivity contribution >= 4 is 30.2 Å². The molecule has 0 unspecified atom stereocenters. The van der Waals surface area contributed by atoms with Gasteiger partial charge in [0.05, 0.1) is 4.88 Å². The molecule has 0 saturated carbocycles. The number of aromatic nitrogens is 1. The fourth-order valence-electron chi connectivity index (χ4n) is 0.704. The lowest BCUT2D eigenvalue weighted by Gasteiger charge is -1.94. The SMILES string of the molecule is CC[n+]1cc(C)sc1Cl.F[B-](F)(F)F. The molecule has 1 rings (SSSR count). The topological polar surface area (TPSA) is 3.88 Å². The van der Waals surface area contributed by atoms with Crippen molar-refractivity contribution in [1.29, 1.82) is 0 Å². The Bertz CT molecular complexity index is 282. The highest BCUT2D eigenvalue weighted by Gasteiger charge is 2.20. The van der Waals surface area contributed by atoms with Crippen LogP contribution in [0.1, 0.15) is 11.8 Å². The summed E-state index contributed by atoms with van der Waals surface area (Å²) in [6.45, 7) is 5.10. The molecule has 82 valence electrons. The Morgan fingerprint density at radius 2 is 1.86 bits per heavy atom. The van der Waals surface area contributed by atoms with Crippen molar-refractivity contribution in [2.75, 3.05) is 0 Å². The van der Waals surface area contributed by atoms with E-state index in [0.717, 1.165) is 11.0 Å². The maximum Gasteiger partial charge on any atom is 0.673 e. The summed E-state index contributed by atoms with van der Waals surface area (Å²) in [4.78, 5) is 1.27. The maximum atomic E-state index is 9.75. The van der Waals surface area contributed by atoms with E-state index in [0.29, 0.717) is 0 Å².